The lowest BCUT2D eigenvalue weighted by molar-refractivity contribution is -0.137. The van der Waals surface area contributed by atoms with Crippen LogP contribution in [0.1, 0.15) is 33.1 Å². The highest BCUT2D eigenvalue weighted by Crippen LogP contribution is 2.16. The van der Waals surface area contributed by atoms with Gasteiger partial charge in [-0.1, -0.05) is 13.8 Å². The Morgan fingerprint density at radius 2 is 1.95 bits per heavy atom. The predicted octanol–water partition coefficient (Wildman–Crippen LogP) is 0.491. The monoisotopic (exact) mass is 313 g/mol. The molecule has 3 atom stereocenters. The Labute approximate surface area is 131 Å². The molecule has 0 spiro atoms. The van der Waals surface area contributed by atoms with E-state index in [2.05, 4.69) is 10.6 Å². The van der Waals surface area contributed by atoms with Crippen LogP contribution >= 0.6 is 0 Å². The van der Waals surface area contributed by atoms with Gasteiger partial charge in [-0.15, -0.1) is 0 Å². The second-order valence-corrected chi connectivity index (χ2v) is 5.73. The van der Waals surface area contributed by atoms with Crippen molar-refractivity contribution in [1.82, 2.24) is 15.5 Å². The number of hydrogen-bond acceptors (Lipinski definition) is 4. The van der Waals surface area contributed by atoms with Crippen LogP contribution in [0.5, 0.6) is 0 Å². The quantitative estimate of drug-likeness (QED) is 0.774. The van der Waals surface area contributed by atoms with Gasteiger partial charge in [0.15, 0.2) is 0 Å². The maximum atomic E-state index is 12.4. The molecule has 1 unspecified atom stereocenters. The molecule has 126 valence electrons. The van der Waals surface area contributed by atoms with Gasteiger partial charge in [0.05, 0.1) is 25.4 Å². The third-order valence-electron chi connectivity index (χ3n) is 4.26. The van der Waals surface area contributed by atoms with E-state index < -0.39 is 6.04 Å². The lowest BCUT2D eigenvalue weighted by Crippen LogP contribution is -2.55. The van der Waals surface area contributed by atoms with Crippen molar-refractivity contribution in [3.63, 3.8) is 0 Å². The fourth-order valence-electron chi connectivity index (χ4n) is 2.93. The summed E-state index contributed by atoms with van der Waals surface area (Å²) in [5.41, 5.74) is 0. The fraction of sp³-hybridized carbons (Fsp3) is 0.867. The molecule has 2 fully saturated rings. The third-order valence-corrected chi connectivity index (χ3v) is 4.26. The Hall–Kier alpha value is -1.34. The van der Waals surface area contributed by atoms with Crippen LogP contribution in [0.2, 0.25) is 0 Å². The lowest BCUT2D eigenvalue weighted by atomic mass is 10.1. The van der Waals surface area contributed by atoms with Crippen LogP contribution in [0.4, 0.5) is 4.79 Å². The van der Waals surface area contributed by atoms with Gasteiger partial charge in [-0.2, -0.15) is 0 Å². The minimum Gasteiger partial charge on any atom is -0.378 e. The molecule has 7 nitrogen and oxygen atoms in total. The molecule has 0 saturated carbocycles. The zero-order valence-electron chi connectivity index (χ0n) is 13.5. The van der Waals surface area contributed by atoms with Crippen molar-refractivity contribution < 1.29 is 19.1 Å². The lowest BCUT2D eigenvalue weighted by Gasteiger charge is -2.30. The van der Waals surface area contributed by atoms with E-state index in [-0.39, 0.29) is 24.1 Å². The van der Waals surface area contributed by atoms with Crippen LogP contribution in [0, 0.1) is 0 Å². The van der Waals surface area contributed by atoms with E-state index in [4.69, 9.17) is 9.47 Å². The summed E-state index contributed by atoms with van der Waals surface area (Å²) in [7, 11) is 0. The largest absolute Gasteiger partial charge is 0.378 e. The Morgan fingerprint density at radius 3 is 2.59 bits per heavy atom. The van der Waals surface area contributed by atoms with Crippen LogP contribution in [-0.4, -0.2) is 67.9 Å². The van der Waals surface area contributed by atoms with Gasteiger partial charge in [0.25, 0.3) is 0 Å². The van der Waals surface area contributed by atoms with E-state index in [1.54, 1.807) is 4.90 Å². The highest BCUT2D eigenvalue weighted by atomic mass is 16.5. The molecule has 2 heterocycles. The standard InChI is InChI=1S/C15H27N3O4/c1-3-11(14(19)18-6-9-21-10-7-18)16-15(20)17-12-5-8-22-13(12)4-2/h11-13H,3-10H2,1-2H3,(H2,16,17,20)/t11?,12-,13+/m1/s1. The SMILES string of the molecule is CCC(NC(=O)N[C@@H]1CCO[C@H]1CC)C(=O)N1CCOCC1. The molecule has 2 aliphatic rings. The summed E-state index contributed by atoms with van der Waals surface area (Å²) in [5.74, 6) is -0.0318. The van der Waals surface area contributed by atoms with Gasteiger partial charge in [-0.25, -0.2) is 4.79 Å². The zero-order chi connectivity index (χ0) is 15.9. The predicted molar refractivity (Wildman–Crippen MR) is 81.6 cm³/mol. The number of nitrogens with zero attached hydrogens (tertiary/aromatic N) is 1. The van der Waals surface area contributed by atoms with E-state index in [9.17, 15) is 9.59 Å². The summed E-state index contributed by atoms with van der Waals surface area (Å²) in [6.07, 6.45) is 2.33. The number of rotatable bonds is 5. The summed E-state index contributed by atoms with van der Waals surface area (Å²) >= 11 is 0. The molecule has 2 saturated heterocycles. The van der Waals surface area contributed by atoms with Crippen molar-refractivity contribution >= 4 is 11.9 Å². The molecule has 3 amide bonds. The van der Waals surface area contributed by atoms with Gasteiger partial charge in [0.2, 0.25) is 5.91 Å². The number of carbonyl (C=O) groups excluding carboxylic acids is 2. The highest BCUT2D eigenvalue weighted by molar-refractivity contribution is 5.87. The van der Waals surface area contributed by atoms with Crippen LogP contribution in [0.15, 0.2) is 0 Å². The number of hydrogen-bond donors (Lipinski definition) is 2. The number of nitrogens with one attached hydrogen (secondary N) is 2. The molecule has 2 rings (SSSR count). The summed E-state index contributed by atoms with van der Waals surface area (Å²) in [6, 6.07) is -0.746. The first-order valence-electron chi connectivity index (χ1n) is 8.20. The fourth-order valence-corrected chi connectivity index (χ4v) is 2.93. The van der Waals surface area contributed by atoms with Crippen molar-refractivity contribution in [1.29, 1.82) is 0 Å². The molecule has 2 N–H and O–H groups in total. The van der Waals surface area contributed by atoms with E-state index in [1.807, 2.05) is 13.8 Å². The van der Waals surface area contributed by atoms with E-state index in [0.717, 1.165) is 12.8 Å². The van der Waals surface area contributed by atoms with Gasteiger partial charge < -0.3 is 25.0 Å². The first-order chi connectivity index (χ1) is 10.7. The minimum atomic E-state index is -0.486. The summed E-state index contributed by atoms with van der Waals surface area (Å²) in [6.45, 7) is 6.92. The van der Waals surface area contributed by atoms with E-state index >= 15 is 0 Å². The number of ether oxygens (including phenoxy) is 2. The molecule has 0 aliphatic carbocycles. The molecule has 2 aliphatic heterocycles. The van der Waals surface area contributed by atoms with Gasteiger partial charge in [-0.05, 0) is 19.3 Å². The van der Waals surface area contributed by atoms with Crippen molar-refractivity contribution in [3.8, 4) is 0 Å². The molecule has 0 bridgehead atoms. The van der Waals surface area contributed by atoms with Gasteiger partial charge in [0, 0.05) is 19.7 Å². The Kier molecular flexibility index (Phi) is 6.45. The van der Waals surface area contributed by atoms with Crippen molar-refractivity contribution in [3.05, 3.63) is 0 Å². The van der Waals surface area contributed by atoms with Crippen molar-refractivity contribution in [2.24, 2.45) is 0 Å². The zero-order valence-corrected chi connectivity index (χ0v) is 13.5. The average molecular weight is 313 g/mol. The molecule has 0 aromatic rings. The molecular formula is C15H27N3O4. The van der Waals surface area contributed by atoms with Crippen LogP contribution in [0.25, 0.3) is 0 Å². The van der Waals surface area contributed by atoms with E-state index in [0.29, 0.717) is 39.3 Å². The average Bonchev–Trinajstić information content (AvgIpc) is 2.99. The Morgan fingerprint density at radius 1 is 1.23 bits per heavy atom. The van der Waals surface area contributed by atoms with Crippen molar-refractivity contribution in [2.75, 3.05) is 32.9 Å². The minimum absolute atomic E-state index is 0.0287. The third kappa shape index (κ3) is 4.33. The number of urea groups is 1. The Balaban J connectivity index is 1.83. The highest BCUT2D eigenvalue weighted by Gasteiger charge is 2.30. The second-order valence-electron chi connectivity index (χ2n) is 5.73. The topological polar surface area (TPSA) is 79.9 Å². The molecule has 0 radical (unpaired) electrons. The molecule has 22 heavy (non-hydrogen) atoms. The molecule has 0 aromatic carbocycles. The molecule has 0 aromatic heterocycles. The molecule has 7 heteroatoms. The summed E-state index contributed by atoms with van der Waals surface area (Å²) in [5, 5.41) is 5.73. The number of carbonyl (C=O) groups is 2. The van der Waals surface area contributed by atoms with Gasteiger partial charge in [-0.3, -0.25) is 4.79 Å². The first kappa shape index (κ1) is 17.0. The number of amides is 3. The van der Waals surface area contributed by atoms with E-state index in [1.165, 1.54) is 0 Å². The summed E-state index contributed by atoms with van der Waals surface area (Å²) < 4.78 is 10.8. The Bertz CT molecular complexity index is 385. The number of morpholine rings is 1. The van der Waals surface area contributed by atoms with Gasteiger partial charge >= 0.3 is 6.03 Å². The second kappa shape index (κ2) is 8.33. The normalized spacial score (nSPS) is 26.5. The molecular weight excluding hydrogens is 286 g/mol. The smallest absolute Gasteiger partial charge is 0.315 e. The van der Waals surface area contributed by atoms with Crippen molar-refractivity contribution in [2.45, 2.75) is 51.3 Å². The maximum absolute atomic E-state index is 12.4. The van der Waals surface area contributed by atoms with Crippen LogP contribution < -0.4 is 10.6 Å². The van der Waals surface area contributed by atoms with Gasteiger partial charge in [0.1, 0.15) is 6.04 Å². The van der Waals surface area contributed by atoms with Crippen LogP contribution in [0.3, 0.4) is 0 Å². The first-order valence-corrected chi connectivity index (χ1v) is 8.20. The summed E-state index contributed by atoms with van der Waals surface area (Å²) in [4.78, 5) is 26.3. The maximum Gasteiger partial charge on any atom is 0.315 e. The van der Waals surface area contributed by atoms with Crippen LogP contribution in [-0.2, 0) is 14.3 Å².